The first-order chi connectivity index (χ1) is 7.61. The zero-order valence-corrected chi connectivity index (χ0v) is 10.2. The van der Waals surface area contributed by atoms with Crippen molar-refractivity contribution in [3.8, 4) is 0 Å². The van der Waals surface area contributed by atoms with Gasteiger partial charge in [0, 0.05) is 19.8 Å². The van der Waals surface area contributed by atoms with E-state index in [2.05, 4.69) is 4.99 Å². The molecule has 0 aliphatic heterocycles. The van der Waals surface area contributed by atoms with Crippen molar-refractivity contribution in [2.45, 2.75) is 39.0 Å². The molecular formula is C10H24N4O2. The van der Waals surface area contributed by atoms with Gasteiger partial charge in [-0.3, -0.25) is 4.99 Å². The minimum atomic E-state index is -0.339. The van der Waals surface area contributed by atoms with Gasteiger partial charge in [0.2, 0.25) is 0 Å². The van der Waals surface area contributed by atoms with Gasteiger partial charge in [0.15, 0.2) is 12.2 Å². The van der Waals surface area contributed by atoms with E-state index in [0.717, 1.165) is 12.8 Å². The van der Waals surface area contributed by atoms with E-state index in [1.54, 1.807) is 0 Å². The van der Waals surface area contributed by atoms with Crippen molar-refractivity contribution in [3.63, 3.8) is 0 Å². The summed E-state index contributed by atoms with van der Waals surface area (Å²) in [5.41, 5.74) is 16.4. The third-order valence-corrected chi connectivity index (χ3v) is 2.00. The summed E-state index contributed by atoms with van der Waals surface area (Å²) in [5.74, 6) is 0.111. The Morgan fingerprint density at radius 3 is 2.19 bits per heavy atom. The molecule has 0 fully saturated rings. The largest absolute Gasteiger partial charge is 0.370 e. The number of aliphatic imine (C=N–C) groups is 1. The van der Waals surface area contributed by atoms with E-state index < -0.39 is 0 Å². The zero-order valence-electron chi connectivity index (χ0n) is 10.2. The zero-order chi connectivity index (χ0) is 12.4. The predicted octanol–water partition coefficient (Wildman–Crippen LogP) is -0.234. The first-order valence-corrected chi connectivity index (χ1v) is 5.66. The Bertz CT molecular complexity index is 189. The third kappa shape index (κ3) is 7.44. The van der Waals surface area contributed by atoms with Crippen LogP contribution in [0.1, 0.15) is 26.7 Å². The smallest absolute Gasteiger partial charge is 0.185 e. The van der Waals surface area contributed by atoms with Crippen LogP contribution in [0.25, 0.3) is 0 Å². The molecule has 0 aromatic carbocycles. The number of rotatable bonds is 9. The molecule has 6 N–H and O–H groups in total. The lowest BCUT2D eigenvalue weighted by Crippen LogP contribution is -2.39. The van der Waals surface area contributed by atoms with Gasteiger partial charge in [0.1, 0.15) is 0 Å². The van der Waals surface area contributed by atoms with Crippen LogP contribution in [0.2, 0.25) is 0 Å². The second-order valence-corrected chi connectivity index (χ2v) is 3.39. The van der Waals surface area contributed by atoms with Gasteiger partial charge < -0.3 is 26.7 Å². The highest BCUT2D eigenvalue weighted by molar-refractivity contribution is 5.75. The number of ether oxygens (including phenoxy) is 2. The molecule has 0 aliphatic rings. The normalized spacial score (nSPS) is 12.8. The van der Waals surface area contributed by atoms with Crippen LogP contribution < -0.4 is 17.2 Å². The quantitative estimate of drug-likeness (QED) is 0.220. The summed E-state index contributed by atoms with van der Waals surface area (Å²) in [6, 6.07) is -0.144. The minimum Gasteiger partial charge on any atom is -0.370 e. The lowest BCUT2D eigenvalue weighted by Gasteiger charge is -2.23. The highest BCUT2D eigenvalue weighted by atomic mass is 16.7. The van der Waals surface area contributed by atoms with E-state index in [-0.39, 0.29) is 18.3 Å². The fourth-order valence-electron chi connectivity index (χ4n) is 1.30. The topological polar surface area (TPSA) is 109 Å². The maximum absolute atomic E-state index is 5.95. The monoisotopic (exact) mass is 232 g/mol. The molecule has 0 aromatic heterocycles. The van der Waals surface area contributed by atoms with Crippen LogP contribution in [0.4, 0.5) is 0 Å². The van der Waals surface area contributed by atoms with E-state index >= 15 is 0 Å². The second-order valence-electron chi connectivity index (χ2n) is 3.39. The summed E-state index contributed by atoms with van der Waals surface area (Å²) >= 11 is 0. The lowest BCUT2D eigenvalue weighted by molar-refractivity contribution is -0.149. The molecule has 0 saturated carbocycles. The molecule has 1 atom stereocenters. The Morgan fingerprint density at radius 2 is 1.75 bits per heavy atom. The predicted molar refractivity (Wildman–Crippen MR) is 64.9 cm³/mol. The van der Waals surface area contributed by atoms with Gasteiger partial charge in [-0.1, -0.05) is 0 Å². The number of nitrogens with two attached hydrogens (primary N) is 3. The summed E-state index contributed by atoms with van der Waals surface area (Å²) in [6.45, 7) is 5.59. The molecule has 0 saturated heterocycles. The van der Waals surface area contributed by atoms with Crippen LogP contribution in [0, 0.1) is 0 Å². The van der Waals surface area contributed by atoms with Crippen molar-refractivity contribution in [2.24, 2.45) is 22.2 Å². The maximum Gasteiger partial charge on any atom is 0.185 e. The summed E-state index contributed by atoms with van der Waals surface area (Å²) in [7, 11) is 0. The molecule has 0 aromatic rings. The SMILES string of the molecule is CCOC(OCC)[C@@H](N)CCCN=C(N)N. The van der Waals surface area contributed by atoms with Crippen molar-refractivity contribution in [2.75, 3.05) is 19.8 Å². The Labute approximate surface area is 97.2 Å². The van der Waals surface area contributed by atoms with Crippen LogP contribution in [-0.2, 0) is 9.47 Å². The molecule has 6 heteroatoms. The van der Waals surface area contributed by atoms with Gasteiger partial charge in [-0.15, -0.1) is 0 Å². The fourth-order valence-corrected chi connectivity index (χ4v) is 1.30. The number of hydrogen-bond donors (Lipinski definition) is 3. The fraction of sp³-hybridized carbons (Fsp3) is 0.900. The first kappa shape index (κ1) is 15.2. The lowest BCUT2D eigenvalue weighted by atomic mass is 10.1. The molecule has 0 unspecified atom stereocenters. The number of nitrogens with zero attached hydrogens (tertiary/aromatic N) is 1. The average molecular weight is 232 g/mol. The van der Waals surface area contributed by atoms with Gasteiger partial charge in [0.25, 0.3) is 0 Å². The Morgan fingerprint density at radius 1 is 1.19 bits per heavy atom. The van der Waals surface area contributed by atoms with Crippen LogP contribution in [0.3, 0.4) is 0 Å². The van der Waals surface area contributed by atoms with E-state index in [9.17, 15) is 0 Å². The molecule has 0 spiro atoms. The van der Waals surface area contributed by atoms with Crippen molar-refractivity contribution in [1.82, 2.24) is 0 Å². The van der Waals surface area contributed by atoms with Gasteiger partial charge in [-0.25, -0.2) is 0 Å². The number of hydrogen-bond acceptors (Lipinski definition) is 4. The third-order valence-electron chi connectivity index (χ3n) is 2.00. The molecule has 16 heavy (non-hydrogen) atoms. The van der Waals surface area contributed by atoms with Gasteiger partial charge in [-0.2, -0.15) is 0 Å². The molecular weight excluding hydrogens is 208 g/mol. The second kappa shape index (κ2) is 9.38. The van der Waals surface area contributed by atoms with Gasteiger partial charge in [0.05, 0.1) is 6.04 Å². The molecule has 0 rings (SSSR count). The van der Waals surface area contributed by atoms with Crippen LogP contribution in [0.5, 0.6) is 0 Å². The summed E-state index contributed by atoms with van der Waals surface area (Å²) < 4.78 is 10.8. The van der Waals surface area contributed by atoms with Crippen LogP contribution in [0.15, 0.2) is 4.99 Å². The Hall–Kier alpha value is -0.850. The van der Waals surface area contributed by atoms with Crippen molar-refractivity contribution in [3.05, 3.63) is 0 Å². The molecule has 6 nitrogen and oxygen atoms in total. The Kier molecular flexibility index (Phi) is 8.88. The van der Waals surface area contributed by atoms with Crippen LogP contribution in [-0.4, -0.2) is 38.0 Å². The molecule has 0 radical (unpaired) electrons. The minimum absolute atomic E-state index is 0.111. The molecule has 0 aliphatic carbocycles. The van der Waals surface area contributed by atoms with Crippen molar-refractivity contribution >= 4 is 5.96 Å². The van der Waals surface area contributed by atoms with Gasteiger partial charge >= 0.3 is 0 Å². The van der Waals surface area contributed by atoms with E-state index in [1.165, 1.54) is 0 Å². The van der Waals surface area contributed by atoms with E-state index in [4.69, 9.17) is 26.7 Å². The first-order valence-electron chi connectivity index (χ1n) is 5.66. The molecule has 96 valence electrons. The highest BCUT2D eigenvalue weighted by Gasteiger charge is 2.17. The summed E-state index contributed by atoms with van der Waals surface area (Å²) in [5, 5.41) is 0. The summed E-state index contributed by atoms with van der Waals surface area (Å²) in [4.78, 5) is 3.88. The molecule has 0 heterocycles. The van der Waals surface area contributed by atoms with Gasteiger partial charge in [-0.05, 0) is 26.7 Å². The van der Waals surface area contributed by atoms with Crippen LogP contribution >= 0.6 is 0 Å². The standard InChI is InChI=1S/C10H24N4O2/c1-3-15-9(16-4-2)8(11)6-5-7-14-10(12)13/h8-9H,3-7,11H2,1-2H3,(H4,12,13,14)/t8-/m0/s1. The highest BCUT2D eigenvalue weighted by Crippen LogP contribution is 2.06. The molecule has 0 amide bonds. The summed E-state index contributed by atoms with van der Waals surface area (Å²) in [6.07, 6.45) is 1.24. The number of guanidine groups is 1. The maximum atomic E-state index is 5.95. The average Bonchev–Trinajstić information content (AvgIpc) is 2.23. The van der Waals surface area contributed by atoms with E-state index in [1.807, 2.05) is 13.8 Å². The van der Waals surface area contributed by atoms with Crippen molar-refractivity contribution < 1.29 is 9.47 Å². The van der Waals surface area contributed by atoms with E-state index in [0.29, 0.717) is 19.8 Å². The molecule has 0 bridgehead atoms. The Balaban J connectivity index is 3.81. The van der Waals surface area contributed by atoms with Crippen molar-refractivity contribution in [1.29, 1.82) is 0 Å².